The van der Waals surface area contributed by atoms with E-state index < -0.39 is 0 Å². The van der Waals surface area contributed by atoms with Crippen molar-refractivity contribution in [3.8, 4) is 0 Å². The first-order chi connectivity index (χ1) is 8.69. The fourth-order valence-corrected chi connectivity index (χ4v) is 3.38. The van der Waals surface area contributed by atoms with E-state index in [1.807, 2.05) is 0 Å². The predicted molar refractivity (Wildman–Crippen MR) is 78.9 cm³/mol. The van der Waals surface area contributed by atoms with E-state index in [4.69, 9.17) is 0 Å². The third kappa shape index (κ3) is 3.96. The van der Waals surface area contributed by atoms with E-state index in [0.717, 1.165) is 23.9 Å². The second-order valence-electron chi connectivity index (χ2n) is 6.81. The lowest BCUT2D eigenvalue weighted by Crippen LogP contribution is -2.51. The summed E-state index contributed by atoms with van der Waals surface area (Å²) in [4.78, 5) is 2.65. The van der Waals surface area contributed by atoms with Crippen LogP contribution in [0.3, 0.4) is 0 Å². The molecular formula is C16H32N2. The summed E-state index contributed by atoms with van der Waals surface area (Å²) in [5.41, 5.74) is 0. The van der Waals surface area contributed by atoms with Gasteiger partial charge >= 0.3 is 0 Å². The zero-order chi connectivity index (χ0) is 13.0. The molecular weight excluding hydrogens is 220 g/mol. The molecule has 1 saturated carbocycles. The van der Waals surface area contributed by atoms with E-state index in [1.54, 1.807) is 0 Å². The number of likely N-dealkylation sites (tertiary alicyclic amines) is 1. The van der Waals surface area contributed by atoms with Crippen molar-refractivity contribution in [2.75, 3.05) is 19.6 Å². The van der Waals surface area contributed by atoms with Gasteiger partial charge in [-0.3, -0.25) is 0 Å². The fourth-order valence-electron chi connectivity index (χ4n) is 3.38. The van der Waals surface area contributed by atoms with Gasteiger partial charge in [0.1, 0.15) is 0 Å². The molecule has 0 amide bonds. The van der Waals surface area contributed by atoms with Gasteiger partial charge in [0.05, 0.1) is 0 Å². The molecule has 18 heavy (non-hydrogen) atoms. The molecule has 0 aromatic carbocycles. The Morgan fingerprint density at radius 2 is 1.78 bits per heavy atom. The third-order valence-corrected chi connectivity index (χ3v) is 5.00. The third-order valence-electron chi connectivity index (χ3n) is 5.00. The second kappa shape index (κ2) is 6.91. The van der Waals surface area contributed by atoms with Gasteiger partial charge in [-0.15, -0.1) is 0 Å². The average molecular weight is 252 g/mol. The molecule has 0 radical (unpaired) electrons. The Labute approximate surface area is 114 Å². The number of rotatable bonds is 6. The van der Waals surface area contributed by atoms with Gasteiger partial charge in [0, 0.05) is 12.1 Å². The highest BCUT2D eigenvalue weighted by Gasteiger charge is 2.32. The summed E-state index contributed by atoms with van der Waals surface area (Å²) in [6, 6.07) is 1.64. The minimum absolute atomic E-state index is 0.806. The molecule has 0 unspecified atom stereocenters. The summed E-state index contributed by atoms with van der Waals surface area (Å²) in [6.45, 7) is 11.0. The van der Waals surface area contributed by atoms with E-state index in [9.17, 15) is 0 Å². The second-order valence-corrected chi connectivity index (χ2v) is 6.81. The number of nitrogens with zero attached hydrogens (tertiary/aromatic N) is 1. The molecule has 2 rings (SSSR count). The van der Waals surface area contributed by atoms with E-state index in [1.165, 1.54) is 58.2 Å². The van der Waals surface area contributed by atoms with Crippen molar-refractivity contribution in [3.63, 3.8) is 0 Å². The number of unbranched alkanes of at least 4 members (excludes halogenated alkanes) is 1. The highest BCUT2D eigenvalue weighted by Crippen LogP contribution is 2.34. The first-order valence-electron chi connectivity index (χ1n) is 8.17. The maximum absolute atomic E-state index is 3.89. The van der Waals surface area contributed by atoms with Gasteiger partial charge in [-0.05, 0) is 63.6 Å². The summed E-state index contributed by atoms with van der Waals surface area (Å²) in [6.07, 6.45) is 8.29. The molecule has 0 aromatic heterocycles. The first kappa shape index (κ1) is 14.3. The van der Waals surface area contributed by atoms with E-state index in [0.29, 0.717) is 0 Å². The molecule has 0 bridgehead atoms. The molecule has 1 saturated heterocycles. The largest absolute Gasteiger partial charge is 0.311 e. The van der Waals surface area contributed by atoms with Crippen LogP contribution in [0, 0.1) is 11.8 Å². The molecule has 1 N–H and O–H groups in total. The van der Waals surface area contributed by atoms with Crippen LogP contribution in [0.2, 0.25) is 0 Å². The number of hydrogen-bond acceptors (Lipinski definition) is 2. The molecule has 1 aliphatic carbocycles. The van der Waals surface area contributed by atoms with Crippen LogP contribution in [0.1, 0.15) is 59.3 Å². The Balaban J connectivity index is 1.57. The Bertz CT molecular complexity index is 225. The normalized spacial score (nSPS) is 30.7. The Hall–Kier alpha value is -0.0800. The van der Waals surface area contributed by atoms with E-state index in [2.05, 4.69) is 31.0 Å². The van der Waals surface area contributed by atoms with Crippen molar-refractivity contribution in [2.24, 2.45) is 11.8 Å². The quantitative estimate of drug-likeness (QED) is 0.780. The lowest BCUT2D eigenvalue weighted by Gasteiger charge is -2.42. The monoisotopic (exact) mass is 252 g/mol. The number of nitrogens with one attached hydrogen (secondary N) is 1. The molecule has 2 heteroatoms. The molecule has 2 aliphatic rings. The standard InChI is InChI=1S/C16H32N2/c1-4-5-8-18-9-6-15(7-10-18)17-16-11-14(12-16)13(2)3/h13-17H,4-12H2,1-3H3. The zero-order valence-corrected chi connectivity index (χ0v) is 12.6. The highest BCUT2D eigenvalue weighted by molar-refractivity contribution is 4.90. The minimum atomic E-state index is 0.806. The van der Waals surface area contributed by atoms with E-state index in [-0.39, 0.29) is 0 Å². The van der Waals surface area contributed by atoms with Gasteiger partial charge in [-0.2, -0.15) is 0 Å². The van der Waals surface area contributed by atoms with Gasteiger partial charge in [0.15, 0.2) is 0 Å². The van der Waals surface area contributed by atoms with Crippen LogP contribution in [-0.4, -0.2) is 36.6 Å². The summed E-state index contributed by atoms with van der Waals surface area (Å²) in [5.74, 6) is 1.88. The van der Waals surface area contributed by atoms with Gasteiger partial charge < -0.3 is 10.2 Å². The molecule has 1 aliphatic heterocycles. The van der Waals surface area contributed by atoms with Crippen LogP contribution in [0.25, 0.3) is 0 Å². The zero-order valence-electron chi connectivity index (χ0n) is 12.6. The van der Waals surface area contributed by atoms with Crippen LogP contribution in [0.5, 0.6) is 0 Å². The van der Waals surface area contributed by atoms with Crippen LogP contribution >= 0.6 is 0 Å². The van der Waals surface area contributed by atoms with Crippen molar-refractivity contribution in [3.05, 3.63) is 0 Å². The maximum Gasteiger partial charge on any atom is 0.00940 e. The average Bonchev–Trinajstić information content (AvgIpc) is 2.31. The lowest BCUT2D eigenvalue weighted by molar-refractivity contribution is 0.129. The molecule has 106 valence electrons. The van der Waals surface area contributed by atoms with Crippen molar-refractivity contribution in [1.82, 2.24) is 10.2 Å². The molecule has 1 heterocycles. The Kier molecular flexibility index (Phi) is 5.50. The van der Waals surface area contributed by atoms with Gasteiger partial charge in [0.2, 0.25) is 0 Å². The smallest absolute Gasteiger partial charge is 0.00940 e. The molecule has 0 aromatic rings. The number of piperidine rings is 1. The maximum atomic E-state index is 3.89. The first-order valence-corrected chi connectivity index (χ1v) is 8.17. The van der Waals surface area contributed by atoms with Crippen LogP contribution in [-0.2, 0) is 0 Å². The molecule has 2 fully saturated rings. The highest BCUT2D eigenvalue weighted by atomic mass is 15.1. The fraction of sp³-hybridized carbons (Fsp3) is 1.00. The lowest BCUT2D eigenvalue weighted by atomic mass is 9.73. The van der Waals surface area contributed by atoms with Crippen LogP contribution in [0.4, 0.5) is 0 Å². The Morgan fingerprint density at radius 1 is 1.11 bits per heavy atom. The minimum Gasteiger partial charge on any atom is -0.311 e. The van der Waals surface area contributed by atoms with Crippen molar-refractivity contribution in [2.45, 2.75) is 71.4 Å². The van der Waals surface area contributed by atoms with Gasteiger partial charge in [-0.25, -0.2) is 0 Å². The molecule has 0 spiro atoms. The number of hydrogen-bond donors (Lipinski definition) is 1. The molecule has 0 atom stereocenters. The van der Waals surface area contributed by atoms with Crippen molar-refractivity contribution >= 4 is 0 Å². The topological polar surface area (TPSA) is 15.3 Å². The summed E-state index contributed by atoms with van der Waals surface area (Å²) in [5, 5.41) is 3.89. The Morgan fingerprint density at radius 3 is 2.33 bits per heavy atom. The van der Waals surface area contributed by atoms with Crippen LogP contribution in [0.15, 0.2) is 0 Å². The van der Waals surface area contributed by atoms with Crippen LogP contribution < -0.4 is 5.32 Å². The SMILES string of the molecule is CCCCN1CCC(NC2CC(C(C)C)C2)CC1. The molecule has 2 nitrogen and oxygen atoms in total. The van der Waals surface area contributed by atoms with Gasteiger partial charge in [0.25, 0.3) is 0 Å². The summed E-state index contributed by atoms with van der Waals surface area (Å²) in [7, 11) is 0. The summed E-state index contributed by atoms with van der Waals surface area (Å²) >= 11 is 0. The van der Waals surface area contributed by atoms with Gasteiger partial charge in [-0.1, -0.05) is 27.2 Å². The van der Waals surface area contributed by atoms with Crippen molar-refractivity contribution < 1.29 is 0 Å². The van der Waals surface area contributed by atoms with E-state index >= 15 is 0 Å². The summed E-state index contributed by atoms with van der Waals surface area (Å²) < 4.78 is 0. The van der Waals surface area contributed by atoms with Crippen molar-refractivity contribution in [1.29, 1.82) is 0 Å². The predicted octanol–water partition coefficient (Wildman–Crippen LogP) is 3.28.